The van der Waals surface area contributed by atoms with Gasteiger partial charge in [0.2, 0.25) is 0 Å². The molecule has 0 radical (unpaired) electrons. The van der Waals surface area contributed by atoms with Crippen LogP contribution in [-0.4, -0.2) is 37.0 Å². The van der Waals surface area contributed by atoms with E-state index >= 15 is 0 Å². The van der Waals surface area contributed by atoms with Crippen LogP contribution in [0, 0.1) is 0 Å². The predicted molar refractivity (Wildman–Crippen MR) is 270 cm³/mol. The van der Waals surface area contributed by atoms with Crippen LogP contribution >= 0.6 is 0 Å². The van der Waals surface area contributed by atoms with Crippen LogP contribution in [0.1, 0.15) is 271 Å². The van der Waals surface area contributed by atoms with Gasteiger partial charge in [-0.25, -0.2) is 0 Å². The lowest BCUT2D eigenvalue weighted by atomic mass is 10.0. The van der Waals surface area contributed by atoms with E-state index in [1.165, 1.54) is 205 Å². The van der Waals surface area contributed by atoms with Crippen molar-refractivity contribution < 1.29 is 19.4 Å². The van der Waals surface area contributed by atoms with Gasteiger partial charge in [-0.3, -0.25) is 4.79 Å². The zero-order valence-corrected chi connectivity index (χ0v) is 40.9. The molecule has 0 rings (SSSR count). The van der Waals surface area contributed by atoms with Gasteiger partial charge in [-0.15, -0.1) is 0 Å². The second kappa shape index (κ2) is 54.2. The fourth-order valence-corrected chi connectivity index (χ4v) is 7.85. The Bertz CT molecular complexity index is 993. The lowest BCUT2D eigenvalue weighted by Crippen LogP contribution is -2.27. The van der Waals surface area contributed by atoms with Crippen molar-refractivity contribution in [2.75, 3.05) is 19.8 Å². The molecule has 0 bridgehead atoms. The lowest BCUT2D eigenvalue weighted by Gasteiger charge is -2.16. The fourth-order valence-electron chi connectivity index (χ4n) is 7.85. The first kappa shape index (κ1) is 59.1. The van der Waals surface area contributed by atoms with Gasteiger partial charge in [0.15, 0.2) is 0 Å². The van der Waals surface area contributed by atoms with Crippen molar-refractivity contribution in [2.45, 2.75) is 277 Å². The molecule has 1 N–H and O–H groups in total. The summed E-state index contributed by atoms with van der Waals surface area (Å²) in [6.07, 6.45) is 73.2. The third kappa shape index (κ3) is 52.3. The van der Waals surface area contributed by atoms with Crippen LogP contribution in [0.4, 0.5) is 0 Å². The molecule has 0 aromatic rings. The minimum Gasteiger partial charge on any atom is -0.457 e. The summed E-state index contributed by atoms with van der Waals surface area (Å²) >= 11 is 0. The highest BCUT2D eigenvalue weighted by Crippen LogP contribution is 2.16. The van der Waals surface area contributed by atoms with E-state index in [2.05, 4.69) is 74.6 Å². The molecule has 0 heterocycles. The highest BCUT2D eigenvalue weighted by molar-refractivity contribution is 5.69. The van der Waals surface area contributed by atoms with Crippen LogP contribution in [0.2, 0.25) is 0 Å². The number of carbonyl (C=O) groups is 1. The quantitative estimate of drug-likeness (QED) is 0.0376. The van der Waals surface area contributed by atoms with Crippen molar-refractivity contribution in [1.82, 2.24) is 0 Å². The molecule has 1 unspecified atom stereocenters. The number of hydrogen-bond acceptors (Lipinski definition) is 4. The van der Waals surface area contributed by atoms with Crippen LogP contribution in [0.15, 0.2) is 60.8 Å². The van der Waals surface area contributed by atoms with Gasteiger partial charge in [0, 0.05) is 13.0 Å². The standard InChI is InChI=1S/C57H104O4/c1-3-5-7-9-11-13-15-17-19-21-23-25-27-29-30-32-34-36-38-40-42-44-46-48-50-52-57(59)61-56(54-58)55-60-53-51-49-47-45-43-41-39-37-35-33-31-28-26-24-22-20-18-16-14-12-10-8-6-4-2/h5,7,11,13,17,19,22-25,56,58H,3-4,6,8-10,12,14-16,18,20-21,26-55H2,1-2H3/b7-5-,13-11-,19-17-,24-22-,25-23-. The van der Waals surface area contributed by atoms with E-state index < -0.39 is 6.10 Å². The monoisotopic (exact) mass is 853 g/mol. The van der Waals surface area contributed by atoms with Gasteiger partial charge in [0.25, 0.3) is 0 Å². The number of rotatable bonds is 50. The Balaban J connectivity index is 3.39. The molecule has 0 aromatic carbocycles. The number of aliphatic hydroxyl groups excluding tert-OH is 1. The Morgan fingerprint density at radius 2 is 0.738 bits per heavy atom. The average molecular weight is 853 g/mol. The molecule has 0 fully saturated rings. The average Bonchev–Trinajstić information content (AvgIpc) is 3.27. The summed E-state index contributed by atoms with van der Waals surface area (Å²) in [5.41, 5.74) is 0. The van der Waals surface area contributed by atoms with Crippen molar-refractivity contribution >= 4 is 5.97 Å². The second-order valence-corrected chi connectivity index (χ2v) is 17.9. The number of allylic oxidation sites excluding steroid dienone is 10. The number of hydrogen-bond donors (Lipinski definition) is 1. The van der Waals surface area contributed by atoms with Crippen LogP contribution in [-0.2, 0) is 14.3 Å². The van der Waals surface area contributed by atoms with Crippen LogP contribution < -0.4 is 0 Å². The SMILES string of the molecule is CC/C=C\C/C=C\C/C=C\C/C=C\CCCCCCCCCCCCCCC(=O)OC(CO)COCCCCCCCCCCCCCC/C=C\CCCCCCCCCC. The molecule has 1 atom stereocenters. The van der Waals surface area contributed by atoms with Gasteiger partial charge < -0.3 is 14.6 Å². The minimum absolute atomic E-state index is 0.172. The summed E-state index contributed by atoms with van der Waals surface area (Å²) in [5.74, 6) is -0.201. The molecular weight excluding hydrogens is 749 g/mol. The summed E-state index contributed by atoms with van der Waals surface area (Å²) < 4.78 is 11.2. The third-order valence-corrected chi connectivity index (χ3v) is 11.8. The Labute approximate surface area is 381 Å². The Morgan fingerprint density at radius 3 is 1.13 bits per heavy atom. The van der Waals surface area contributed by atoms with E-state index in [-0.39, 0.29) is 12.6 Å². The first-order valence-corrected chi connectivity index (χ1v) is 26.9. The zero-order valence-electron chi connectivity index (χ0n) is 40.9. The summed E-state index contributed by atoms with van der Waals surface area (Å²) in [7, 11) is 0. The van der Waals surface area contributed by atoms with Crippen molar-refractivity contribution in [1.29, 1.82) is 0 Å². The molecule has 0 spiro atoms. The molecule has 356 valence electrons. The predicted octanol–water partition coefficient (Wildman–Crippen LogP) is 18.3. The minimum atomic E-state index is -0.538. The maximum atomic E-state index is 12.3. The van der Waals surface area contributed by atoms with Crippen molar-refractivity contribution in [3.05, 3.63) is 60.8 Å². The van der Waals surface area contributed by atoms with Gasteiger partial charge >= 0.3 is 5.97 Å². The smallest absolute Gasteiger partial charge is 0.306 e. The topological polar surface area (TPSA) is 55.8 Å². The largest absolute Gasteiger partial charge is 0.457 e. The fraction of sp³-hybridized carbons (Fsp3) is 0.807. The van der Waals surface area contributed by atoms with E-state index in [4.69, 9.17) is 9.47 Å². The second-order valence-electron chi connectivity index (χ2n) is 17.9. The molecule has 0 saturated heterocycles. The third-order valence-electron chi connectivity index (χ3n) is 11.8. The van der Waals surface area contributed by atoms with E-state index in [0.717, 1.165) is 44.9 Å². The van der Waals surface area contributed by atoms with E-state index in [1.807, 2.05) is 0 Å². The van der Waals surface area contributed by atoms with E-state index in [9.17, 15) is 9.90 Å². The molecule has 4 heteroatoms. The summed E-state index contributed by atoms with van der Waals surface area (Å²) in [6.45, 7) is 5.26. The van der Waals surface area contributed by atoms with E-state index in [1.54, 1.807) is 0 Å². The normalized spacial score (nSPS) is 12.8. The number of aliphatic hydroxyl groups is 1. The number of esters is 1. The summed E-state index contributed by atoms with van der Waals surface area (Å²) in [6, 6.07) is 0. The molecule has 0 aliphatic rings. The zero-order chi connectivity index (χ0) is 44.0. The molecule has 0 amide bonds. The summed E-state index contributed by atoms with van der Waals surface area (Å²) in [4.78, 5) is 12.3. The Morgan fingerprint density at radius 1 is 0.410 bits per heavy atom. The van der Waals surface area contributed by atoms with Crippen molar-refractivity contribution in [2.24, 2.45) is 0 Å². The van der Waals surface area contributed by atoms with Gasteiger partial charge in [-0.2, -0.15) is 0 Å². The first-order chi connectivity index (χ1) is 30.2. The van der Waals surface area contributed by atoms with Crippen molar-refractivity contribution in [3.8, 4) is 0 Å². The highest BCUT2D eigenvalue weighted by Gasteiger charge is 2.13. The molecule has 61 heavy (non-hydrogen) atoms. The van der Waals surface area contributed by atoms with Gasteiger partial charge in [-0.1, -0.05) is 248 Å². The molecule has 4 nitrogen and oxygen atoms in total. The maximum Gasteiger partial charge on any atom is 0.306 e. The molecule has 0 aliphatic carbocycles. The van der Waals surface area contributed by atoms with Crippen LogP contribution in [0.5, 0.6) is 0 Å². The lowest BCUT2D eigenvalue weighted by molar-refractivity contribution is -0.154. The first-order valence-electron chi connectivity index (χ1n) is 26.9. The van der Waals surface area contributed by atoms with Crippen molar-refractivity contribution in [3.63, 3.8) is 0 Å². The van der Waals surface area contributed by atoms with Crippen LogP contribution in [0.3, 0.4) is 0 Å². The maximum absolute atomic E-state index is 12.3. The Hall–Kier alpha value is -1.91. The number of ether oxygens (including phenoxy) is 2. The van der Waals surface area contributed by atoms with Gasteiger partial charge in [0.05, 0.1) is 13.2 Å². The Kier molecular flexibility index (Phi) is 52.5. The molecular formula is C57H104O4. The van der Waals surface area contributed by atoms with Gasteiger partial charge in [-0.05, 0) is 77.0 Å². The molecule has 0 saturated carbocycles. The van der Waals surface area contributed by atoms with Crippen LogP contribution in [0.25, 0.3) is 0 Å². The van der Waals surface area contributed by atoms with E-state index in [0.29, 0.717) is 19.6 Å². The number of carbonyl (C=O) groups excluding carboxylic acids is 1. The summed E-state index contributed by atoms with van der Waals surface area (Å²) in [5, 5.41) is 9.67. The number of unbranched alkanes of at least 4 members (excludes halogenated alkanes) is 32. The molecule has 0 aliphatic heterocycles. The molecule has 0 aromatic heterocycles. The van der Waals surface area contributed by atoms with Gasteiger partial charge in [0.1, 0.15) is 6.10 Å². The highest BCUT2D eigenvalue weighted by atomic mass is 16.6.